The number of ether oxygens (including phenoxy) is 1. The van der Waals surface area contributed by atoms with Crippen molar-refractivity contribution in [2.75, 3.05) is 14.2 Å². The van der Waals surface area contributed by atoms with Crippen LogP contribution < -0.4 is 0 Å². The Morgan fingerprint density at radius 3 is 1.30 bits per heavy atom. The minimum Gasteiger partial charge on any atom is -0.388 e. The Balaban J connectivity index is 0.000000293. The maximum atomic E-state index is 12.7. The first-order valence-corrected chi connectivity index (χ1v) is 15.3. The molecule has 7 heteroatoms. The molecule has 1 unspecified atom stereocenters. The van der Waals surface area contributed by atoms with E-state index in [-0.39, 0.29) is 5.78 Å². The fourth-order valence-corrected chi connectivity index (χ4v) is 6.40. The van der Waals surface area contributed by atoms with Gasteiger partial charge in [0.25, 0.3) is 0 Å². The van der Waals surface area contributed by atoms with Crippen molar-refractivity contribution in [2.45, 2.75) is 47.6 Å². The van der Waals surface area contributed by atoms with Crippen LogP contribution in [0.25, 0.3) is 0 Å². The molecule has 0 bridgehead atoms. The number of aliphatic hydroxyl groups excluding tert-OH is 1. The van der Waals surface area contributed by atoms with E-state index in [0.717, 1.165) is 33.4 Å². The average Bonchev–Trinajstić information content (AvgIpc) is 2.96. The van der Waals surface area contributed by atoms with Gasteiger partial charge >= 0.3 is 0 Å². The van der Waals surface area contributed by atoms with Crippen molar-refractivity contribution >= 4 is 24.6 Å². The average molecular weight is 601 g/mol. The number of carbonyl (C=O) groups is 3. The summed E-state index contributed by atoms with van der Waals surface area (Å²) in [5.74, 6) is -0.271. The molecule has 0 fully saturated rings. The molecule has 0 heterocycles. The summed E-state index contributed by atoms with van der Waals surface area (Å²) in [6.07, 6.45) is -1.08. The summed E-state index contributed by atoms with van der Waals surface area (Å²) in [6.45, 7) is 11.2. The Bertz CT molecular complexity index is 1480. The van der Waals surface area contributed by atoms with Crippen molar-refractivity contribution in [1.29, 1.82) is 0 Å². The van der Waals surface area contributed by atoms with Gasteiger partial charge in [-0.15, -0.1) is 0 Å². The van der Waals surface area contributed by atoms with Gasteiger partial charge in [0.05, 0.1) is 0 Å². The van der Waals surface area contributed by atoms with Crippen molar-refractivity contribution in [3.05, 3.63) is 141 Å². The predicted octanol–water partition coefficient (Wildman–Crippen LogP) is 7.94. The molecule has 0 saturated heterocycles. The predicted molar refractivity (Wildman–Crippen MR) is 174 cm³/mol. The van der Waals surface area contributed by atoms with Gasteiger partial charge in [0.2, 0.25) is 18.8 Å². The van der Waals surface area contributed by atoms with Crippen LogP contribution in [0.3, 0.4) is 0 Å². The third kappa shape index (κ3) is 9.52. The molecule has 4 aromatic rings. The van der Waals surface area contributed by atoms with E-state index in [4.69, 9.17) is 0 Å². The Morgan fingerprint density at radius 1 is 0.628 bits per heavy atom. The summed E-state index contributed by atoms with van der Waals surface area (Å²) in [6, 6.07) is 25.3. The molecule has 0 aliphatic carbocycles. The number of ketones is 1. The van der Waals surface area contributed by atoms with Crippen molar-refractivity contribution in [3.63, 3.8) is 0 Å². The molecule has 43 heavy (non-hydrogen) atoms. The highest BCUT2D eigenvalue weighted by Crippen LogP contribution is 2.36. The van der Waals surface area contributed by atoms with Crippen molar-refractivity contribution in [1.82, 2.24) is 0 Å². The molecule has 0 aromatic heterocycles. The van der Waals surface area contributed by atoms with Gasteiger partial charge in [0.1, 0.15) is 6.10 Å². The van der Waals surface area contributed by atoms with Gasteiger partial charge in [0.15, 0.2) is 5.78 Å². The molecule has 0 aliphatic heterocycles. The van der Waals surface area contributed by atoms with Gasteiger partial charge in [0, 0.05) is 30.9 Å². The van der Waals surface area contributed by atoms with Crippen LogP contribution in [0.4, 0.5) is 0 Å². The molecule has 4 aromatic carbocycles. The maximum Gasteiger partial charge on any atom is 0.226 e. The fourth-order valence-electron chi connectivity index (χ4n) is 4.95. The monoisotopic (exact) mass is 600 g/mol. The molecule has 1 N–H and O–H groups in total. The standard InChI is InChI=1S/C20H23O3P.C14H12O2.C2H6O/c1-11-7-13(3)17(14(4)8-11)19(21)24(23)20(22)18-15(5)9-12(2)10-16(18)6;15-13(11-7-3-1-4-8-11)14(16)12-9-5-2-6-10-12;1-3-2/h7-10,24H,1-6H3;1-10,13,15H;1-2H3. The SMILES string of the molecule is COC.Cc1cc(C)c(C(=O)[PH](=O)C(=O)c2c(C)cc(C)cc2C)c(C)c1.O=C(c1ccccc1)C(O)c1ccccc1. The summed E-state index contributed by atoms with van der Waals surface area (Å²) in [5.41, 5.74) is 6.04. The smallest absolute Gasteiger partial charge is 0.226 e. The lowest BCUT2D eigenvalue weighted by Gasteiger charge is -2.12. The molecule has 1 atom stereocenters. The lowest BCUT2D eigenvalue weighted by atomic mass is 10.0. The van der Waals surface area contributed by atoms with Crippen LogP contribution in [-0.2, 0) is 9.30 Å². The molecule has 0 saturated carbocycles. The van der Waals surface area contributed by atoms with E-state index >= 15 is 0 Å². The van der Waals surface area contributed by atoms with Gasteiger partial charge in [-0.1, -0.05) is 96.1 Å². The Morgan fingerprint density at radius 2 is 0.953 bits per heavy atom. The molecule has 226 valence electrons. The highest BCUT2D eigenvalue weighted by Gasteiger charge is 2.28. The molecule has 0 radical (unpaired) electrons. The van der Waals surface area contributed by atoms with Crippen LogP contribution in [0.2, 0.25) is 0 Å². The van der Waals surface area contributed by atoms with Crippen molar-refractivity contribution in [3.8, 4) is 0 Å². The lowest BCUT2D eigenvalue weighted by Crippen LogP contribution is -2.11. The first-order chi connectivity index (χ1) is 20.3. The number of benzene rings is 4. The van der Waals surface area contributed by atoms with Crippen LogP contribution in [0.1, 0.15) is 76.1 Å². The lowest BCUT2D eigenvalue weighted by molar-refractivity contribution is 0.0747. The molecular weight excluding hydrogens is 559 g/mol. The number of hydrogen-bond donors (Lipinski definition) is 1. The van der Waals surface area contributed by atoms with E-state index in [1.807, 2.05) is 77.9 Å². The molecule has 0 amide bonds. The first-order valence-electron chi connectivity index (χ1n) is 13.8. The number of Topliss-reactive ketones (excluding diaryl/α,β-unsaturated/α-hetero) is 1. The molecule has 4 rings (SSSR count). The van der Waals surface area contributed by atoms with Gasteiger partial charge < -0.3 is 14.4 Å². The highest BCUT2D eigenvalue weighted by molar-refractivity contribution is 7.80. The van der Waals surface area contributed by atoms with Gasteiger partial charge in [-0.3, -0.25) is 14.4 Å². The van der Waals surface area contributed by atoms with Crippen LogP contribution in [0.5, 0.6) is 0 Å². The number of aliphatic hydroxyl groups is 1. The summed E-state index contributed by atoms with van der Waals surface area (Å²) < 4.78 is 17.0. The van der Waals surface area contributed by atoms with E-state index < -0.39 is 25.0 Å². The second kappa shape index (κ2) is 16.6. The summed E-state index contributed by atoms with van der Waals surface area (Å²) in [5, 5.41) is 9.89. The zero-order valence-corrected chi connectivity index (χ0v) is 27.1. The molecular formula is C36H41O6P. The quantitative estimate of drug-likeness (QED) is 0.171. The zero-order valence-electron chi connectivity index (χ0n) is 26.1. The topological polar surface area (TPSA) is 97.7 Å². The molecule has 0 spiro atoms. The van der Waals surface area contributed by atoms with Gasteiger partial charge in [-0.25, -0.2) is 0 Å². The Labute approximate surface area is 255 Å². The second-order valence-electron chi connectivity index (χ2n) is 10.5. The third-order valence-electron chi connectivity index (χ3n) is 6.64. The fraction of sp³-hybridized carbons (Fsp3) is 0.250. The number of hydrogen-bond acceptors (Lipinski definition) is 6. The molecule has 0 aliphatic rings. The van der Waals surface area contributed by atoms with Gasteiger partial charge in [-0.05, 0) is 69.4 Å². The third-order valence-corrected chi connectivity index (χ3v) is 7.97. The minimum absolute atomic E-state index is 0.271. The van der Waals surface area contributed by atoms with Crippen LogP contribution in [0.15, 0.2) is 84.9 Å². The second-order valence-corrected chi connectivity index (χ2v) is 12.1. The maximum absolute atomic E-state index is 12.7. The van der Waals surface area contributed by atoms with E-state index in [1.165, 1.54) is 0 Å². The normalized spacial score (nSPS) is 11.0. The first kappa shape index (κ1) is 35.2. The Hall–Kier alpha value is -3.96. The number of aryl methyl sites for hydroxylation is 6. The Kier molecular flexibility index (Phi) is 13.6. The van der Waals surface area contributed by atoms with Crippen molar-refractivity contribution in [2.24, 2.45) is 0 Å². The minimum atomic E-state index is -3.09. The number of rotatable bonds is 7. The number of methoxy groups -OCH3 is 1. The van der Waals surface area contributed by atoms with Crippen LogP contribution >= 0.6 is 7.80 Å². The van der Waals surface area contributed by atoms with E-state index in [9.17, 15) is 24.1 Å². The zero-order chi connectivity index (χ0) is 32.3. The summed E-state index contributed by atoms with van der Waals surface area (Å²) in [4.78, 5) is 37.3. The molecule has 6 nitrogen and oxygen atoms in total. The largest absolute Gasteiger partial charge is 0.388 e. The van der Waals surface area contributed by atoms with Crippen molar-refractivity contribution < 1.29 is 28.8 Å². The summed E-state index contributed by atoms with van der Waals surface area (Å²) >= 11 is 0. The van der Waals surface area contributed by atoms with E-state index in [2.05, 4.69) is 4.74 Å². The van der Waals surface area contributed by atoms with E-state index in [0.29, 0.717) is 22.3 Å². The highest BCUT2D eigenvalue weighted by atomic mass is 31.1. The van der Waals surface area contributed by atoms with Gasteiger partial charge in [-0.2, -0.15) is 0 Å². The van der Waals surface area contributed by atoms with E-state index in [1.54, 1.807) is 62.8 Å². The van der Waals surface area contributed by atoms with Crippen LogP contribution in [-0.4, -0.2) is 36.2 Å². The summed E-state index contributed by atoms with van der Waals surface area (Å²) in [7, 11) is 0.159. The number of carbonyl (C=O) groups excluding carboxylic acids is 3. The van der Waals surface area contributed by atoms with Crippen LogP contribution in [0, 0.1) is 41.5 Å².